The fourth-order valence-corrected chi connectivity index (χ4v) is 2.94. The van der Waals surface area contributed by atoms with Crippen LogP contribution in [0.15, 0.2) is 0 Å². The standard InChI is InChI=1S/C14H23N3O4/c1-11(18)15-5-3-12(4-6-15)13(19)16-7-9-17(10-8-16)14(20)21-2/h12H,3-10H2,1-2H3. The average molecular weight is 297 g/mol. The maximum atomic E-state index is 12.5. The van der Waals surface area contributed by atoms with Gasteiger partial charge in [-0.15, -0.1) is 0 Å². The Morgan fingerprint density at radius 3 is 1.86 bits per heavy atom. The molecule has 0 aromatic rings. The zero-order valence-corrected chi connectivity index (χ0v) is 12.7. The number of piperidine rings is 1. The van der Waals surface area contributed by atoms with Crippen molar-refractivity contribution in [2.75, 3.05) is 46.4 Å². The molecule has 7 heteroatoms. The van der Waals surface area contributed by atoms with Crippen molar-refractivity contribution in [1.82, 2.24) is 14.7 Å². The number of piperazine rings is 1. The molecule has 0 bridgehead atoms. The van der Waals surface area contributed by atoms with Crippen LogP contribution in [-0.2, 0) is 14.3 Å². The minimum atomic E-state index is -0.336. The Hall–Kier alpha value is -1.79. The predicted molar refractivity (Wildman–Crippen MR) is 75.5 cm³/mol. The number of methoxy groups -OCH3 is 1. The van der Waals surface area contributed by atoms with Crippen molar-refractivity contribution in [3.63, 3.8) is 0 Å². The van der Waals surface area contributed by atoms with Gasteiger partial charge in [-0.05, 0) is 12.8 Å². The molecule has 0 unspecified atom stereocenters. The van der Waals surface area contributed by atoms with Crippen LogP contribution < -0.4 is 0 Å². The number of nitrogens with zero attached hydrogens (tertiary/aromatic N) is 3. The molecular weight excluding hydrogens is 274 g/mol. The number of likely N-dealkylation sites (tertiary alicyclic amines) is 1. The molecule has 0 atom stereocenters. The zero-order valence-electron chi connectivity index (χ0n) is 12.7. The van der Waals surface area contributed by atoms with E-state index in [0.717, 1.165) is 12.8 Å². The summed E-state index contributed by atoms with van der Waals surface area (Å²) >= 11 is 0. The lowest BCUT2D eigenvalue weighted by Crippen LogP contribution is -2.53. The maximum Gasteiger partial charge on any atom is 0.409 e. The van der Waals surface area contributed by atoms with Gasteiger partial charge in [-0.1, -0.05) is 0 Å². The highest BCUT2D eigenvalue weighted by atomic mass is 16.5. The molecule has 7 nitrogen and oxygen atoms in total. The Bertz CT molecular complexity index is 410. The number of hydrogen-bond donors (Lipinski definition) is 0. The van der Waals surface area contributed by atoms with Gasteiger partial charge in [0.25, 0.3) is 0 Å². The molecule has 3 amide bonds. The second-order valence-corrected chi connectivity index (χ2v) is 5.56. The summed E-state index contributed by atoms with van der Waals surface area (Å²) in [7, 11) is 1.36. The molecule has 0 N–H and O–H groups in total. The highest BCUT2D eigenvalue weighted by molar-refractivity contribution is 5.80. The minimum absolute atomic E-state index is 0.00489. The van der Waals surface area contributed by atoms with Crippen molar-refractivity contribution in [1.29, 1.82) is 0 Å². The highest BCUT2D eigenvalue weighted by Gasteiger charge is 2.31. The lowest BCUT2D eigenvalue weighted by molar-refractivity contribution is -0.141. The quantitative estimate of drug-likeness (QED) is 0.691. The van der Waals surface area contributed by atoms with Crippen LogP contribution in [0.4, 0.5) is 4.79 Å². The molecular formula is C14H23N3O4. The lowest BCUT2D eigenvalue weighted by atomic mass is 9.95. The van der Waals surface area contributed by atoms with E-state index in [1.54, 1.807) is 16.7 Å². The van der Waals surface area contributed by atoms with Crippen LogP contribution in [0.2, 0.25) is 0 Å². The van der Waals surface area contributed by atoms with Crippen molar-refractivity contribution >= 4 is 17.9 Å². The highest BCUT2D eigenvalue weighted by Crippen LogP contribution is 2.20. The summed E-state index contributed by atoms with van der Waals surface area (Å²) in [5.74, 6) is 0.237. The molecule has 0 saturated carbocycles. The van der Waals surface area contributed by atoms with Gasteiger partial charge >= 0.3 is 6.09 Å². The third kappa shape index (κ3) is 3.65. The Balaban J connectivity index is 1.80. The topological polar surface area (TPSA) is 70.2 Å². The van der Waals surface area contributed by atoms with Gasteiger partial charge in [-0.25, -0.2) is 4.79 Å². The summed E-state index contributed by atoms with van der Waals surface area (Å²) in [6.07, 6.45) is 1.13. The molecule has 2 fully saturated rings. The molecule has 2 saturated heterocycles. The second-order valence-electron chi connectivity index (χ2n) is 5.56. The monoisotopic (exact) mass is 297 g/mol. The van der Waals surface area contributed by atoms with Gasteiger partial charge in [-0.3, -0.25) is 9.59 Å². The summed E-state index contributed by atoms with van der Waals surface area (Å²) in [5.41, 5.74) is 0. The van der Waals surface area contributed by atoms with E-state index in [9.17, 15) is 14.4 Å². The van der Waals surface area contributed by atoms with Gasteiger partial charge in [0, 0.05) is 52.1 Å². The average Bonchev–Trinajstić information content (AvgIpc) is 2.53. The largest absolute Gasteiger partial charge is 0.453 e. The van der Waals surface area contributed by atoms with Crippen molar-refractivity contribution in [3.8, 4) is 0 Å². The molecule has 2 aliphatic rings. The van der Waals surface area contributed by atoms with Crippen molar-refractivity contribution in [3.05, 3.63) is 0 Å². The number of amides is 3. The molecule has 118 valence electrons. The van der Waals surface area contributed by atoms with E-state index in [0.29, 0.717) is 39.3 Å². The van der Waals surface area contributed by atoms with E-state index in [-0.39, 0.29) is 23.8 Å². The summed E-state index contributed by atoms with van der Waals surface area (Å²) in [6, 6.07) is 0. The molecule has 21 heavy (non-hydrogen) atoms. The van der Waals surface area contributed by atoms with E-state index in [1.165, 1.54) is 7.11 Å². The Kier molecular flexibility index (Phi) is 5.03. The lowest BCUT2D eigenvalue weighted by Gasteiger charge is -2.38. The van der Waals surface area contributed by atoms with Crippen LogP contribution in [0.5, 0.6) is 0 Å². The van der Waals surface area contributed by atoms with E-state index in [2.05, 4.69) is 4.74 Å². The fourth-order valence-electron chi connectivity index (χ4n) is 2.94. The van der Waals surface area contributed by atoms with Gasteiger partial charge in [0.05, 0.1) is 7.11 Å². The number of carbonyl (C=O) groups is 3. The van der Waals surface area contributed by atoms with Crippen LogP contribution in [0.1, 0.15) is 19.8 Å². The molecule has 2 rings (SSSR count). The second kappa shape index (κ2) is 6.78. The normalized spacial score (nSPS) is 20.4. The first-order valence-corrected chi connectivity index (χ1v) is 7.40. The van der Waals surface area contributed by atoms with Crippen molar-refractivity contribution in [2.45, 2.75) is 19.8 Å². The Labute approximate surface area is 124 Å². The zero-order chi connectivity index (χ0) is 15.4. The van der Waals surface area contributed by atoms with Crippen molar-refractivity contribution in [2.24, 2.45) is 5.92 Å². The SMILES string of the molecule is COC(=O)N1CCN(C(=O)C2CCN(C(C)=O)CC2)CC1. The number of rotatable bonds is 1. The summed E-state index contributed by atoms with van der Waals surface area (Å²) in [6.45, 7) is 5.03. The van der Waals surface area contributed by atoms with Crippen LogP contribution >= 0.6 is 0 Å². The molecule has 0 spiro atoms. The molecule has 0 aliphatic carbocycles. The van der Waals surface area contributed by atoms with Gasteiger partial charge in [0.1, 0.15) is 0 Å². The first-order chi connectivity index (χ1) is 10.0. The van der Waals surface area contributed by atoms with Gasteiger partial charge < -0.3 is 19.4 Å². The predicted octanol–water partition coefficient (Wildman–Crippen LogP) is 0.156. The number of ether oxygens (including phenoxy) is 1. The fraction of sp³-hybridized carbons (Fsp3) is 0.786. The first-order valence-electron chi connectivity index (χ1n) is 7.40. The van der Waals surface area contributed by atoms with E-state index in [4.69, 9.17) is 0 Å². The summed E-state index contributed by atoms with van der Waals surface area (Å²) in [5, 5.41) is 0. The molecule has 2 heterocycles. The third-order valence-electron chi connectivity index (χ3n) is 4.31. The Morgan fingerprint density at radius 1 is 0.857 bits per heavy atom. The summed E-state index contributed by atoms with van der Waals surface area (Å²) in [4.78, 5) is 40.4. The van der Waals surface area contributed by atoms with E-state index in [1.807, 2.05) is 4.90 Å². The molecule has 2 aliphatic heterocycles. The van der Waals surface area contributed by atoms with Crippen LogP contribution in [0, 0.1) is 5.92 Å². The number of carbonyl (C=O) groups excluding carboxylic acids is 3. The smallest absolute Gasteiger partial charge is 0.409 e. The van der Waals surface area contributed by atoms with Crippen LogP contribution in [0.25, 0.3) is 0 Å². The minimum Gasteiger partial charge on any atom is -0.453 e. The van der Waals surface area contributed by atoms with Gasteiger partial charge in [0.15, 0.2) is 0 Å². The van der Waals surface area contributed by atoms with Crippen LogP contribution in [0.3, 0.4) is 0 Å². The maximum absolute atomic E-state index is 12.5. The van der Waals surface area contributed by atoms with Gasteiger partial charge in [0.2, 0.25) is 11.8 Å². The van der Waals surface area contributed by atoms with E-state index >= 15 is 0 Å². The Morgan fingerprint density at radius 2 is 1.38 bits per heavy atom. The van der Waals surface area contributed by atoms with Crippen LogP contribution in [-0.4, -0.2) is 79.0 Å². The first kappa shape index (κ1) is 15.6. The third-order valence-corrected chi connectivity index (χ3v) is 4.31. The molecule has 0 aromatic carbocycles. The number of hydrogen-bond acceptors (Lipinski definition) is 4. The summed E-state index contributed by atoms with van der Waals surface area (Å²) < 4.78 is 4.68. The van der Waals surface area contributed by atoms with Gasteiger partial charge in [-0.2, -0.15) is 0 Å². The van der Waals surface area contributed by atoms with E-state index < -0.39 is 0 Å². The molecule has 0 aromatic heterocycles. The molecule has 0 radical (unpaired) electrons. The van der Waals surface area contributed by atoms with Crippen molar-refractivity contribution < 1.29 is 19.1 Å².